The lowest BCUT2D eigenvalue weighted by molar-refractivity contribution is -0.121. The Morgan fingerprint density at radius 1 is 1.03 bits per heavy atom. The maximum absolute atomic E-state index is 13.9. The number of rotatable bonds is 7. The lowest BCUT2D eigenvalue weighted by Gasteiger charge is -2.57. The lowest BCUT2D eigenvalue weighted by Crippen LogP contribution is -2.65. The smallest absolute Gasteiger partial charge is 0.254 e. The summed E-state index contributed by atoms with van der Waals surface area (Å²) in [6.07, 6.45) is 9.61. The highest BCUT2D eigenvalue weighted by Gasteiger charge is 2.49. The minimum atomic E-state index is 0.0997. The Bertz CT molecular complexity index is 930. The molecule has 1 saturated carbocycles. The Labute approximate surface area is 202 Å². The van der Waals surface area contributed by atoms with Crippen LogP contribution in [0.3, 0.4) is 0 Å². The second kappa shape index (κ2) is 9.40. The summed E-state index contributed by atoms with van der Waals surface area (Å²) in [6.45, 7) is 4.26. The number of carbonyl (C=O) groups excluding carboxylic acids is 2. The van der Waals surface area contributed by atoms with Crippen LogP contribution in [0.1, 0.15) is 68.1 Å². The summed E-state index contributed by atoms with van der Waals surface area (Å²) in [4.78, 5) is 31.1. The third kappa shape index (κ3) is 4.39. The van der Waals surface area contributed by atoms with E-state index in [1.54, 1.807) is 0 Å². The molecule has 0 bridgehead atoms. The van der Waals surface area contributed by atoms with Gasteiger partial charge in [-0.1, -0.05) is 0 Å². The monoisotopic (exact) mass is 467 g/mol. The van der Waals surface area contributed by atoms with E-state index in [1.807, 2.05) is 18.2 Å². The van der Waals surface area contributed by atoms with Crippen molar-refractivity contribution in [2.24, 2.45) is 17.8 Å². The minimum absolute atomic E-state index is 0.0997. The first-order valence-electron chi connectivity index (χ1n) is 13.4. The average Bonchev–Trinajstić information content (AvgIpc) is 3.58. The lowest BCUT2D eigenvalue weighted by atomic mass is 9.69. The number of benzene rings is 1. The molecule has 4 atom stereocenters. The molecular weight excluding hydrogens is 430 g/mol. The molecule has 4 heterocycles. The van der Waals surface area contributed by atoms with Crippen molar-refractivity contribution in [2.45, 2.75) is 69.9 Å². The highest BCUT2D eigenvalue weighted by molar-refractivity contribution is 5.95. The molecule has 3 saturated heterocycles. The number of nitrogens with zero attached hydrogens (tertiary/aromatic N) is 2. The second-order valence-corrected chi connectivity index (χ2v) is 11.0. The summed E-state index contributed by atoms with van der Waals surface area (Å²) >= 11 is 0. The van der Waals surface area contributed by atoms with Crippen LogP contribution in [0.5, 0.6) is 11.5 Å². The van der Waals surface area contributed by atoms with Crippen molar-refractivity contribution >= 4 is 11.8 Å². The third-order valence-electron chi connectivity index (χ3n) is 8.74. The van der Waals surface area contributed by atoms with Crippen LogP contribution in [0.15, 0.2) is 18.2 Å². The first-order chi connectivity index (χ1) is 16.7. The summed E-state index contributed by atoms with van der Waals surface area (Å²) < 4.78 is 11.0. The normalized spacial score (nSPS) is 30.1. The van der Waals surface area contributed by atoms with Gasteiger partial charge in [-0.25, -0.2) is 0 Å². The van der Waals surface area contributed by atoms with Crippen molar-refractivity contribution in [1.82, 2.24) is 15.1 Å². The molecule has 0 aromatic heterocycles. The van der Waals surface area contributed by atoms with E-state index in [0.717, 1.165) is 25.9 Å². The van der Waals surface area contributed by atoms with E-state index in [0.29, 0.717) is 47.3 Å². The van der Waals surface area contributed by atoms with Crippen LogP contribution in [0, 0.1) is 17.8 Å². The van der Waals surface area contributed by atoms with Gasteiger partial charge in [0.05, 0.1) is 0 Å². The molecule has 0 spiro atoms. The standard InChI is InChI=1S/C27H37N3O4/c31-25(28-15-18-8-9-18)7-1-6-22-21-5-3-13-29-12-2-4-20(26(21)29)16-30(22)27(32)19-10-11-23-24(14-19)34-17-33-23/h10-11,14,18,20-22,26H,1-9,12-13,15-17H2,(H,28,31)/t20-,21+,22+,26-/m0/s1. The highest BCUT2D eigenvalue weighted by atomic mass is 16.7. The van der Waals surface area contributed by atoms with Gasteiger partial charge >= 0.3 is 0 Å². The summed E-state index contributed by atoms with van der Waals surface area (Å²) in [5.41, 5.74) is 0.679. The Morgan fingerprint density at radius 2 is 1.85 bits per heavy atom. The molecule has 4 aliphatic heterocycles. The van der Waals surface area contributed by atoms with Gasteiger partial charge in [-0.05, 0) is 100 Å². The quantitative estimate of drug-likeness (QED) is 0.665. The van der Waals surface area contributed by atoms with Gasteiger partial charge in [0.15, 0.2) is 11.5 Å². The number of carbonyl (C=O) groups is 2. The summed E-state index contributed by atoms with van der Waals surface area (Å²) in [5, 5.41) is 3.10. The number of hydrogen-bond donors (Lipinski definition) is 1. The molecular formula is C27H37N3O4. The molecule has 5 aliphatic rings. The largest absolute Gasteiger partial charge is 0.454 e. The van der Waals surface area contributed by atoms with E-state index in [9.17, 15) is 9.59 Å². The predicted octanol–water partition coefficient (Wildman–Crippen LogP) is 3.43. The molecule has 7 heteroatoms. The van der Waals surface area contributed by atoms with Crippen LogP contribution in [0.2, 0.25) is 0 Å². The highest BCUT2D eigenvalue weighted by Crippen LogP contribution is 2.44. The Balaban J connectivity index is 1.20. The topological polar surface area (TPSA) is 71.1 Å². The molecule has 1 aromatic carbocycles. The first-order valence-corrected chi connectivity index (χ1v) is 13.4. The molecule has 1 aliphatic carbocycles. The molecule has 2 amide bonds. The molecule has 0 radical (unpaired) electrons. The number of likely N-dealkylation sites (tertiary alicyclic amines) is 1. The maximum atomic E-state index is 13.9. The number of piperidine rings is 3. The zero-order chi connectivity index (χ0) is 23.1. The SMILES string of the molecule is O=C(CCC[C@@H]1[C@H]2CCCN3CCC[C@@H](CN1C(=O)c1ccc4c(c1)OCO4)[C@@H]23)NCC1CC1. The average molecular weight is 468 g/mol. The van der Waals surface area contributed by atoms with E-state index in [2.05, 4.69) is 15.1 Å². The van der Waals surface area contributed by atoms with Gasteiger partial charge in [-0.2, -0.15) is 0 Å². The van der Waals surface area contributed by atoms with Crippen LogP contribution < -0.4 is 14.8 Å². The van der Waals surface area contributed by atoms with Crippen LogP contribution >= 0.6 is 0 Å². The van der Waals surface area contributed by atoms with Crippen molar-refractivity contribution in [3.05, 3.63) is 23.8 Å². The number of fused-ring (bicyclic) bond motifs is 1. The Hall–Kier alpha value is -2.28. The van der Waals surface area contributed by atoms with E-state index < -0.39 is 0 Å². The maximum Gasteiger partial charge on any atom is 0.254 e. The van der Waals surface area contributed by atoms with Crippen LogP contribution in [0.4, 0.5) is 0 Å². The molecule has 0 unspecified atom stereocenters. The van der Waals surface area contributed by atoms with Crippen molar-refractivity contribution in [3.63, 3.8) is 0 Å². The molecule has 4 fully saturated rings. The second-order valence-electron chi connectivity index (χ2n) is 11.0. The fourth-order valence-corrected chi connectivity index (χ4v) is 6.93. The van der Waals surface area contributed by atoms with Gasteiger partial charge in [0.25, 0.3) is 5.91 Å². The van der Waals surface area contributed by atoms with Crippen LogP contribution in [0.25, 0.3) is 0 Å². The minimum Gasteiger partial charge on any atom is -0.454 e. The fourth-order valence-electron chi connectivity index (χ4n) is 6.93. The molecule has 6 rings (SSSR count). The van der Waals surface area contributed by atoms with E-state index in [-0.39, 0.29) is 24.6 Å². The molecule has 1 aromatic rings. The summed E-state index contributed by atoms with van der Waals surface area (Å²) in [5.74, 6) is 3.38. The van der Waals surface area contributed by atoms with Crippen molar-refractivity contribution in [2.75, 3.05) is 33.0 Å². The van der Waals surface area contributed by atoms with E-state index >= 15 is 0 Å². The molecule has 184 valence electrons. The van der Waals surface area contributed by atoms with Gasteiger partial charge in [-0.3, -0.25) is 14.5 Å². The van der Waals surface area contributed by atoms with Crippen molar-refractivity contribution < 1.29 is 19.1 Å². The Kier molecular flexibility index (Phi) is 6.14. The van der Waals surface area contributed by atoms with Gasteiger partial charge < -0.3 is 19.7 Å². The van der Waals surface area contributed by atoms with Gasteiger partial charge in [-0.15, -0.1) is 0 Å². The summed E-state index contributed by atoms with van der Waals surface area (Å²) in [7, 11) is 0. The van der Waals surface area contributed by atoms with Gasteiger partial charge in [0.1, 0.15) is 0 Å². The molecule has 34 heavy (non-hydrogen) atoms. The molecule has 7 nitrogen and oxygen atoms in total. The predicted molar refractivity (Wildman–Crippen MR) is 128 cm³/mol. The molecule has 1 N–H and O–H groups in total. The van der Waals surface area contributed by atoms with Gasteiger partial charge in [0.2, 0.25) is 12.7 Å². The number of nitrogens with one attached hydrogen (secondary N) is 1. The van der Waals surface area contributed by atoms with Crippen molar-refractivity contribution in [3.8, 4) is 11.5 Å². The zero-order valence-electron chi connectivity index (χ0n) is 20.0. The summed E-state index contributed by atoms with van der Waals surface area (Å²) in [6, 6.07) is 6.35. The first kappa shape index (κ1) is 22.2. The van der Waals surface area contributed by atoms with E-state index in [1.165, 1.54) is 51.6 Å². The van der Waals surface area contributed by atoms with Gasteiger partial charge in [0, 0.05) is 37.2 Å². The number of ether oxygens (including phenoxy) is 2. The fraction of sp³-hybridized carbons (Fsp3) is 0.704. The number of hydrogen-bond acceptors (Lipinski definition) is 5. The Morgan fingerprint density at radius 3 is 2.71 bits per heavy atom. The third-order valence-corrected chi connectivity index (χ3v) is 8.74. The van der Waals surface area contributed by atoms with Crippen molar-refractivity contribution in [1.29, 1.82) is 0 Å². The van der Waals surface area contributed by atoms with Crippen LogP contribution in [-0.4, -0.2) is 66.7 Å². The number of amides is 2. The van der Waals surface area contributed by atoms with E-state index in [4.69, 9.17) is 9.47 Å². The van der Waals surface area contributed by atoms with Crippen LogP contribution in [-0.2, 0) is 4.79 Å². The zero-order valence-corrected chi connectivity index (χ0v) is 20.0.